The van der Waals surface area contributed by atoms with E-state index in [1.54, 1.807) is 16.9 Å². The monoisotopic (exact) mass is 277 g/mol. The molecule has 0 aromatic carbocycles. The van der Waals surface area contributed by atoms with E-state index in [4.69, 9.17) is 13.9 Å². The Kier molecular flexibility index (Phi) is 2.75. The molecule has 2 aromatic rings. The molecule has 1 aliphatic carbocycles. The van der Waals surface area contributed by atoms with Crippen LogP contribution in [0.25, 0.3) is 11.6 Å². The maximum atomic E-state index is 12.5. The van der Waals surface area contributed by atoms with Gasteiger partial charge in [-0.1, -0.05) is 0 Å². The molecule has 7 heteroatoms. The van der Waals surface area contributed by atoms with Gasteiger partial charge in [0.05, 0.1) is 26.0 Å². The Morgan fingerprint density at radius 2 is 2.10 bits per heavy atom. The maximum absolute atomic E-state index is 12.5. The molecule has 0 unspecified atom stereocenters. The predicted octanol–water partition coefficient (Wildman–Crippen LogP) is 1.01. The van der Waals surface area contributed by atoms with Crippen molar-refractivity contribution in [2.45, 2.75) is 31.7 Å². The molecular weight excluding hydrogens is 262 g/mol. The molecule has 0 amide bonds. The van der Waals surface area contributed by atoms with Crippen molar-refractivity contribution in [2.75, 3.05) is 13.2 Å². The van der Waals surface area contributed by atoms with Gasteiger partial charge in [0.15, 0.2) is 12.1 Å². The molecule has 0 spiro atoms. The third kappa shape index (κ3) is 1.99. The summed E-state index contributed by atoms with van der Waals surface area (Å²) in [4.78, 5) is 12.5. The third-order valence-electron chi connectivity index (χ3n) is 3.54. The second-order valence-corrected chi connectivity index (χ2v) is 5.04. The van der Waals surface area contributed by atoms with Crippen molar-refractivity contribution >= 4 is 0 Å². The molecule has 0 bridgehead atoms. The van der Waals surface area contributed by atoms with Crippen LogP contribution in [0.2, 0.25) is 0 Å². The highest BCUT2D eigenvalue weighted by molar-refractivity contribution is 5.46. The molecule has 4 rings (SSSR count). The molecule has 3 heterocycles. The standard InChI is InChI=1S/C13H15N3O4/c17-13-15(8-11-19-6-7-20-11)14-12(10-2-1-5-18-10)16(13)9-3-4-9/h1-2,5,9,11H,3-4,6-8H2. The van der Waals surface area contributed by atoms with Crippen LogP contribution in [0, 0.1) is 0 Å². The van der Waals surface area contributed by atoms with Gasteiger partial charge in [0, 0.05) is 6.04 Å². The van der Waals surface area contributed by atoms with Gasteiger partial charge in [-0.25, -0.2) is 9.48 Å². The molecule has 20 heavy (non-hydrogen) atoms. The summed E-state index contributed by atoms with van der Waals surface area (Å²) in [6.45, 7) is 1.44. The zero-order valence-electron chi connectivity index (χ0n) is 10.9. The smallest absolute Gasteiger partial charge is 0.346 e. The lowest BCUT2D eigenvalue weighted by molar-refractivity contribution is -0.0552. The lowest BCUT2D eigenvalue weighted by atomic mass is 10.4. The van der Waals surface area contributed by atoms with Crippen LogP contribution in [0.1, 0.15) is 18.9 Å². The Morgan fingerprint density at radius 3 is 2.75 bits per heavy atom. The van der Waals surface area contributed by atoms with E-state index in [2.05, 4.69) is 5.10 Å². The quantitative estimate of drug-likeness (QED) is 0.834. The largest absolute Gasteiger partial charge is 0.461 e. The highest BCUT2D eigenvalue weighted by Crippen LogP contribution is 2.36. The van der Waals surface area contributed by atoms with Crippen LogP contribution in [-0.2, 0) is 16.0 Å². The number of hydrogen-bond donors (Lipinski definition) is 0. The van der Waals surface area contributed by atoms with E-state index in [0.29, 0.717) is 31.3 Å². The normalized spacial score (nSPS) is 19.8. The average Bonchev–Trinajstić information content (AvgIpc) is 2.89. The van der Waals surface area contributed by atoms with Crippen LogP contribution < -0.4 is 5.69 Å². The summed E-state index contributed by atoms with van der Waals surface area (Å²) in [5.41, 5.74) is -0.127. The van der Waals surface area contributed by atoms with Gasteiger partial charge in [0.2, 0.25) is 5.82 Å². The minimum atomic E-state index is -0.389. The van der Waals surface area contributed by atoms with Crippen molar-refractivity contribution in [3.8, 4) is 11.6 Å². The molecule has 0 radical (unpaired) electrons. The van der Waals surface area contributed by atoms with E-state index in [1.165, 1.54) is 4.68 Å². The van der Waals surface area contributed by atoms with Gasteiger partial charge in [0.25, 0.3) is 0 Å². The van der Waals surface area contributed by atoms with Gasteiger partial charge in [-0.2, -0.15) is 0 Å². The summed E-state index contributed by atoms with van der Waals surface area (Å²) >= 11 is 0. The summed E-state index contributed by atoms with van der Waals surface area (Å²) in [5.74, 6) is 1.20. The number of ether oxygens (including phenoxy) is 2. The van der Waals surface area contributed by atoms with Crippen LogP contribution >= 0.6 is 0 Å². The zero-order chi connectivity index (χ0) is 13.5. The van der Waals surface area contributed by atoms with Gasteiger partial charge >= 0.3 is 5.69 Å². The molecule has 1 saturated heterocycles. The first kappa shape index (κ1) is 11.9. The first-order valence-electron chi connectivity index (χ1n) is 6.79. The van der Waals surface area contributed by atoms with Crippen LogP contribution in [0.4, 0.5) is 0 Å². The number of hydrogen-bond acceptors (Lipinski definition) is 5. The Labute approximate surface area is 114 Å². The highest BCUT2D eigenvalue weighted by atomic mass is 16.7. The fourth-order valence-corrected chi connectivity index (χ4v) is 2.43. The predicted molar refractivity (Wildman–Crippen MR) is 68.2 cm³/mol. The molecule has 0 atom stereocenters. The Morgan fingerprint density at radius 1 is 1.30 bits per heavy atom. The minimum absolute atomic E-state index is 0.127. The van der Waals surface area contributed by atoms with Gasteiger partial charge in [0.1, 0.15) is 0 Å². The molecule has 2 fully saturated rings. The Bertz CT molecular complexity index is 648. The Hall–Kier alpha value is -1.86. The lowest BCUT2D eigenvalue weighted by Gasteiger charge is -2.06. The fourth-order valence-electron chi connectivity index (χ4n) is 2.43. The average molecular weight is 277 g/mol. The summed E-state index contributed by atoms with van der Waals surface area (Å²) in [6.07, 6.45) is 3.21. The van der Waals surface area contributed by atoms with Gasteiger partial charge in [-0.15, -0.1) is 5.10 Å². The van der Waals surface area contributed by atoms with Crippen molar-refractivity contribution < 1.29 is 13.9 Å². The summed E-state index contributed by atoms with van der Waals surface area (Å²) in [7, 11) is 0. The van der Waals surface area contributed by atoms with E-state index in [9.17, 15) is 4.79 Å². The molecule has 7 nitrogen and oxygen atoms in total. The maximum Gasteiger partial charge on any atom is 0.346 e. The van der Waals surface area contributed by atoms with Crippen LogP contribution in [0.5, 0.6) is 0 Å². The molecule has 0 N–H and O–H groups in total. The van der Waals surface area contributed by atoms with Crippen LogP contribution in [0.15, 0.2) is 27.6 Å². The molecule has 106 valence electrons. The van der Waals surface area contributed by atoms with Crippen LogP contribution in [0.3, 0.4) is 0 Å². The molecule has 1 aliphatic heterocycles. The second kappa shape index (κ2) is 4.60. The van der Waals surface area contributed by atoms with E-state index >= 15 is 0 Å². The number of rotatable bonds is 4. The zero-order valence-corrected chi connectivity index (χ0v) is 10.9. The molecule has 2 aromatic heterocycles. The molecule has 1 saturated carbocycles. The van der Waals surface area contributed by atoms with Crippen molar-refractivity contribution in [1.29, 1.82) is 0 Å². The summed E-state index contributed by atoms with van der Waals surface area (Å²) < 4.78 is 19.2. The second-order valence-electron chi connectivity index (χ2n) is 5.04. The molecule has 2 aliphatic rings. The van der Waals surface area contributed by atoms with E-state index in [0.717, 1.165) is 12.8 Å². The van der Waals surface area contributed by atoms with E-state index in [-0.39, 0.29) is 18.0 Å². The summed E-state index contributed by atoms with van der Waals surface area (Å²) in [5, 5.41) is 4.39. The molecular formula is C13H15N3O4. The SMILES string of the molecule is O=c1n(CC2OCCO2)nc(-c2ccco2)n1C1CC1. The van der Waals surface area contributed by atoms with Crippen LogP contribution in [-0.4, -0.2) is 33.9 Å². The topological polar surface area (TPSA) is 71.4 Å². The van der Waals surface area contributed by atoms with Crippen molar-refractivity contribution in [2.24, 2.45) is 0 Å². The van der Waals surface area contributed by atoms with Crippen molar-refractivity contribution in [3.63, 3.8) is 0 Å². The summed E-state index contributed by atoms with van der Waals surface area (Å²) in [6, 6.07) is 3.84. The minimum Gasteiger partial charge on any atom is -0.461 e. The lowest BCUT2D eigenvalue weighted by Crippen LogP contribution is -2.29. The van der Waals surface area contributed by atoms with Gasteiger partial charge < -0.3 is 13.9 Å². The number of aromatic nitrogens is 3. The number of nitrogens with zero attached hydrogens (tertiary/aromatic N) is 3. The van der Waals surface area contributed by atoms with E-state index in [1.807, 2.05) is 6.07 Å². The number of furan rings is 1. The first-order chi connectivity index (χ1) is 9.83. The van der Waals surface area contributed by atoms with Gasteiger partial charge in [-0.05, 0) is 25.0 Å². The Balaban J connectivity index is 1.72. The van der Waals surface area contributed by atoms with Gasteiger partial charge in [-0.3, -0.25) is 4.57 Å². The van der Waals surface area contributed by atoms with Crippen molar-refractivity contribution in [3.05, 3.63) is 28.9 Å². The first-order valence-corrected chi connectivity index (χ1v) is 6.79. The fraction of sp³-hybridized carbons (Fsp3) is 0.538. The highest BCUT2D eigenvalue weighted by Gasteiger charge is 2.32. The van der Waals surface area contributed by atoms with Crippen molar-refractivity contribution in [1.82, 2.24) is 14.3 Å². The van der Waals surface area contributed by atoms with E-state index < -0.39 is 0 Å². The third-order valence-corrected chi connectivity index (χ3v) is 3.54.